The van der Waals surface area contributed by atoms with E-state index in [1.165, 1.54) is 0 Å². The first-order chi connectivity index (χ1) is 7.62. The molecule has 0 spiro atoms. The SMILES string of the molecule is CCc1nc(CC)n(C(CC)CC(=N)N)n1. The lowest BCUT2D eigenvalue weighted by Gasteiger charge is -2.16. The lowest BCUT2D eigenvalue weighted by Crippen LogP contribution is -2.20. The summed E-state index contributed by atoms with van der Waals surface area (Å²) >= 11 is 0. The Bertz CT molecular complexity index is 355. The van der Waals surface area contributed by atoms with Gasteiger partial charge in [-0.15, -0.1) is 0 Å². The van der Waals surface area contributed by atoms with Crippen molar-refractivity contribution in [1.82, 2.24) is 14.8 Å². The lowest BCUT2D eigenvalue weighted by atomic mass is 10.1. The van der Waals surface area contributed by atoms with E-state index in [9.17, 15) is 0 Å². The highest BCUT2D eigenvalue weighted by molar-refractivity contribution is 5.77. The predicted octanol–water partition coefficient (Wildman–Crippen LogP) is 1.68. The van der Waals surface area contributed by atoms with Crippen molar-refractivity contribution in [3.8, 4) is 0 Å². The third-order valence-corrected chi connectivity index (χ3v) is 2.65. The number of hydrogen-bond acceptors (Lipinski definition) is 3. The van der Waals surface area contributed by atoms with Crippen LogP contribution in [0.25, 0.3) is 0 Å². The van der Waals surface area contributed by atoms with Gasteiger partial charge in [-0.05, 0) is 6.42 Å². The second-order valence-electron chi connectivity index (χ2n) is 3.89. The largest absolute Gasteiger partial charge is 0.388 e. The molecule has 1 heterocycles. The highest BCUT2D eigenvalue weighted by atomic mass is 15.4. The molecule has 1 aromatic rings. The topological polar surface area (TPSA) is 80.6 Å². The van der Waals surface area contributed by atoms with Gasteiger partial charge >= 0.3 is 0 Å². The summed E-state index contributed by atoms with van der Waals surface area (Å²) < 4.78 is 1.94. The van der Waals surface area contributed by atoms with Crippen LogP contribution in [0.2, 0.25) is 0 Å². The zero-order valence-corrected chi connectivity index (χ0v) is 10.3. The molecular formula is C11H21N5. The standard InChI is InChI=1S/C11H21N5/c1-4-8(7-9(12)13)16-11(6-3)14-10(5-2)15-16/h8H,4-7H2,1-3H3,(H3,12,13). The molecule has 0 fully saturated rings. The molecule has 0 aliphatic rings. The summed E-state index contributed by atoms with van der Waals surface area (Å²) in [5.41, 5.74) is 5.46. The molecule has 0 saturated heterocycles. The molecule has 0 radical (unpaired) electrons. The van der Waals surface area contributed by atoms with Crippen LogP contribution < -0.4 is 5.73 Å². The summed E-state index contributed by atoms with van der Waals surface area (Å²) in [6.07, 6.45) is 3.17. The van der Waals surface area contributed by atoms with Crippen LogP contribution in [0.1, 0.15) is 51.3 Å². The fourth-order valence-corrected chi connectivity index (χ4v) is 1.75. The van der Waals surface area contributed by atoms with Gasteiger partial charge in [0.25, 0.3) is 0 Å². The number of amidine groups is 1. The van der Waals surface area contributed by atoms with Crippen molar-refractivity contribution in [3.05, 3.63) is 11.6 Å². The van der Waals surface area contributed by atoms with Gasteiger partial charge in [0.15, 0.2) is 5.82 Å². The first-order valence-corrected chi connectivity index (χ1v) is 5.89. The van der Waals surface area contributed by atoms with Gasteiger partial charge in [-0.2, -0.15) is 5.10 Å². The fourth-order valence-electron chi connectivity index (χ4n) is 1.75. The molecule has 0 amide bonds. The Balaban J connectivity index is 2.97. The lowest BCUT2D eigenvalue weighted by molar-refractivity contribution is 0.433. The van der Waals surface area contributed by atoms with E-state index in [0.29, 0.717) is 6.42 Å². The van der Waals surface area contributed by atoms with Crippen LogP contribution >= 0.6 is 0 Å². The monoisotopic (exact) mass is 223 g/mol. The molecule has 3 N–H and O–H groups in total. The highest BCUT2D eigenvalue weighted by Gasteiger charge is 2.16. The summed E-state index contributed by atoms with van der Waals surface area (Å²) in [4.78, 5) is 4.46. The van der Waals surface area contributed by atoms with Gasteiger partial charge in [0.05, 0.1) is 11.9 Å². The third kappa shape index (κ3) is 2.81. The molecule has 0 saturated carbocycles. The molecular weight excluding hydrogens is 202 g/mol. The van der Waals surface area contributed by atoms with Crippen LogP contribution in [0.4, 0.5) is 0 Å². The average molecular weight is 223 g/mol. The Morgan fingerprint density at radius 2 is 2.06 bits per heavy atom. The minimum absolute atomic E-state index is 0.167. The van der Waals surface area contributed by atoms with Gasteiger partial charge in [0, 0.05) is 19.3 Å². The Morgan fingerprint density at radius 3 is 2.50 bits per heavy atom. The van der Waals surface area contributed by atoms with E-state index in [1.807, 2.05) is 11.6 Å². The fraction of sp³-hybridized carbons (Fsp3) is 0.727. The maximum absolute atomic E-state index is 7.37. The van der Waals surface area contributed by atoms with Crippen LogP contribution in [-0.4, -0.2) is 20.6 Å². The van der Waals surface area contributed by atoms with Crippen molar-refractivity contribution in [2.45, 2.75) is 52.5 Å². The first kappa shape index (κ1) is 12.7. The summed E-state index contributed by atoms with van der Waals surface area (Å²) in [7, 11) is 0. The van der Waals surface area contributed by atoms with Gasteiger partial charge in [-0.1, -0.05) is 20.8 Å². The number of nitrogens with two attached hydrogens (primary N) is 1. The molecule has 16 heavy (non-hydrogen) atoms. The summed E-state index contributed by atoms with van der Waals surface area (Å²) in [5, 5.41) is 11.8. The Hall–Kier alpha value is -1.39. The van der Waals surface area contributed by atoms with E-state index >= 15 is 0 Å². The molecule has 1 atom stereocenters. The molecule has 0 aromatic carbocycles. The van der Waals surface area contributed by atoms with Crippen LogP contribution in [0.3, 0.4) is 0 Å². The molecule has 5 heteroatoms. The summed E-state index contributed by atoms with van der Waals surface area (Å²) in [5.74, 6) is 2.08. The molecule has 0 aliphatic carbocycles. The Labute approximate surface area is 96.6 Å². The van der Waals surface area contributed by atoms with E-state index in [4.69, 9.17) is 11.1 Å². The minimum atomic E-state index is 0.167. The van der Waals surface area contributed by atoms with Crippen molar-refractivity contribution in [2.75, 3.05) is 0 Å². The Kier molecular flexibility index (Phi) is 4.46. The molecule has 90 valence electrons. The number of aromatic nitrogens is 3. The zero-order chi connectivity index (χ0) is 12.1. The van der Waals surface area contributed by atoms with Gasteiger partial charge in [-0.25, -0.2) is 9.67 Å². The van der Waals surface area contributed by atoms with Gasteiger partial charge < -0.3 is 5.73 Å². The van der Waals surface area contributed by atoms with Crippen molar-refractivity contribution in [1.29, 1.82) is 5.41 Å². The van der Waals surface area contributed by atoms with Gasteiger partial charge in [-0.3, -0.25) is 5.41 Å². The van der Waals surface area contributed by atoms with E-state index < -0.39 is 0 Å². The van der Waals surface area contributed by atoms with E-state index in [0.717, 1.165) is 30.9 Å². The van der Waals surface area contributed by atoms with Crippen LogP contribution in [0.5, 0.6) is 0 Å². The van der Waals surface area contributed by atoms with E-state index in [-0.39, 0.29) is 11.9 Å². The second kappa shape index (κ2) is 5.63. The van der Waals surface area contributed by atoms with E-state index in [2.05, 4.69) is 23.9 Å². The van der Waals surface area contributed by atoms with Crippen molar-refractivity contribution in [2.24, 2.45) is 5.73 Å². The number of nitrogens with zero attached hydrogens (tertiary/aromatic N) is 3. The highest BCUT2D eigenvalue weighted by Crippen LogP contribution is 2.17. The van der Waals surface area contributed by atoms with Crippen molar-refractivity contribution >= 4 is 5.84 Å². The van der Waals surface area contributed by atoms with Gasteiger partial charge in [0.2, 0.25) is 0 Å². The van der Waals surface area contributed by atoms with E-state index in [1.54, 1.807) is 0 Å². The van der Waals surface area contributed by atoms with Crippen LogP contribution in [-0.2, 0) is 12.8 Å². The molecule has 1 unspecified atom stereocenters. The molecule has 0 bridgehead atoms. The summed E-state index contributed by atoms with van der Waals surface area (Å²) in [6.45, 7) is 6.20. The minimum Gasteiger partial charge on any atom is -0.388 e. The number of hydrogen-bond donors (Lipinski definition) is 2. The second-order valence-corrected chi connectivity index (χ2v) is 3.89. The van der Waals surface area contributed by atoms with Gasteiger partial charge in [0.1, 0.15) is 5.82 Å². The Morgan fingerprint density at radius 1 is 1.38 bits per heavy atom. The van der Waals surface area contributed by atoms with Crippen molar-refractivity contribution < 1.29 is 0 Å². The predicted molar refractivity (Wildman–Crippen MR) is 64.6 cm³/mol. The molecule has 1 rings (SSSR count). The number of aryl methyl sites for hydroxylation is 2. The average Bonchev–Trinajstić information content (AvgIpc) is 2.68. The number of nitrogens with one attached hydrogen (secondary N) is 1. The third-order valence-electron chi connectivity index (χ3n) is 2.65. The number of rotatable bonds is 6. The quantitative estimate of drug-likeness (QED) is 0.568. The molecule has 1 aromatic heterocycles. The van der Waals surface area contributed by atoms with Crippen LogP contribution in [0.15, 0.2) is 0 Å². The normalized spacial score (nSPS) is 12.7. The van der Waals surface area contributed by atoms with Crippen molar-refractivity contribution in [3.63, 3.8) is 0 Å². The van der Waals surface area contributed by atoms with Crippen LogP contribution in [0, 0.1) is 5.41 Å². The molecule has 0 aliphatic heterocycles. The maximum atomic E-state index is 7.37. The first-order valence-electron chi connectivity index (χ1n) is 5.89. The molecule has 5 nitrogen and oxygen atoms in total. The zero-order valence-electron chi connectivity index (χ0n) is 10.3. The smallest absolute Gasteiger partial charge is 0.150 e. The summed E-state index contributed by atoms with van der Waals surface area (Å²) in [6, 6.07) is 0.167. The maximum Gasteiger partial charge on any atom is 0.150 e.